The van der Waals surface area contributed by atoms with E-state index < -0.39 is 5.92 Å². The molecule has 2 N–H and O–H groups in total. The summed E-state index contributed by atoms with van der Waals surface area (Å²) in [5, 5.41) is 27.2. The molecule has 8 nitrogen and oxygen atoms in total. The van der Waals surface area contributed by atoms with Crippen LogP contribution in [0, 0.1) is 6.92 Å². The monoisotopic (exact) mass is 352 g/mol. The molecule has 3 aromatic rings. The molecule has 1 aromatic heterocycles. The second kappa shape index (κ2) is 7.64. The van der Waals surface area contributed by atoms with Crippen molar-refractivity contribution in [2.45, 2.75) is 19.3 Å². The third-order valence-electron chi connectivity index (χ3n) is 3.93. The SMILES string of the molecule is COc1cc(CC(C(=O)Nc2cccc(C)c2)c2nnn[n-]2)ccc1O. The van der Waals surface area contributed by atoms with Gasteiger partial charge in [-0.25, -0.2) is 0 Å². The van der Waals surface area contributed by atoms with Gasteiger partial charge in [0.2, 0.25) is 5.91 Å². The van der Waals surface area contributed by atoms with E-state index in [4.69, 9.17) is 4.74 Å². The lowest BCUT2D eigenvalue weighted by Gasteiger charge is -2.18. The van der Waals surface area contributed by atoms with Crippen molar-refractivity contribution in [1.82, 2.24) is 20.6 Å². The number of nitrogens with zero attached hydrogens (tertiary/aromatic N) is 4. The van der Waals surface area contributed by atoms with Gasteiger partial charge in [-0.05, 0) is 48.7 Å². The molecule has 1 heterocycles. The summed E-state index contributed by atoms with van der Waals surface area (Å²) in [5.41, 5.74) is 2.51. The smallest absolute Gasteiger partial charge is 0.232 e. The molecule has 0 fully saturated rings. The summed E-state index contributed by atoms with van der Waals surface area (Å²) in [5.74, 6) is -0.343. The fraction of sp³-hybridized carbons (Fsp3) is 0.222. The van der Waals surface area contributed by atoms with E-state index in [1.165, 1.54) is 13.2 Å². The minimum Gasteiger partial charge on any atom is -0.504 e. The summed E-state index contributed by atoms with van der Waals surface area (Å²) in [7, 11) is 1.47. The number of hydrogen-bond acceptors (Lipinski definition) is 6. The summed E-state index contributed by atoms with van der Waals surface area (Å²) in [6, 6.07) is 12.4. The van der Waals surface area contributed by atoms with Crippen LogP contribution in [0.3, 0.4) is 0 Å². The fourth-order valence-corrected chi connectivity index (χ4v) is 2.63. The number of carbonyl (C=O) groups excluding carboxylic acids is 1. The Morgan fingerprint density at radius 3 is 2.85 bits per heavy atom. The molecule has 1 unspecified atom stereocenters. The van der Waals surface area contributed by atoms with Crippen molar-refractivity contribution in [3.63, 3.8) is 0 Å². The van der Waals surface area contributed by atoms with Crippen LogP contribution in [0.1, 0.15) is 22.9 Å². The zero-order chi connectivity index (χ0) is 18.5. The van der Waals surface area contributed by atoms with E-state index in [0.717, 1.165) is 11.1 Å². The molecule has 0 radical (unpaired) electrons. The van der Waals surface area contributed by atoms with Crippen LogP contribution in [-0.4, -0.2) is 33.6 Å². The van der Waals surface area contributed by atoms with Gasteiger partial charge in [-0.1, -0.05) is 18.2 Å². The summed E-state index contributed by atoms with van der Waals surface area (Å²) >= 11 is 0. The number of anilines is 1. The maximum atomic E-state index is 12.8. The first-order valence-corrected chi connectivity index (χ1v) is 7.99. The lowest BCUT2D eigenvalue weighted by molar-refractivity contribution is -0.117. The molecular weight excluding hydrogens is 334 g/mol. The van der Waals surface area contributed by atoms with Gasteiger partial charge in [0, 0.05) is 11.5 Å². The number of benzene rings is 2. The van der Waals surface area contributed by atoms with Crippen LogP contribution in [0.5, 0.6) is 11.5 Å². The molecule has 26 heavy (non-hydrogen) atoms. The summed E-state index contributed by atoms with van der Waals surface area (Å²) in [4.78, 5) is 12.8. The van der Waals surface area contributed by atoms with Crippen LogP contribution in [-0.2, 0) is 11.2 Å². The molecule has 3 rings (SSSR count). The second-order valence-electron chi connectivity index (χ2n) is 5.86. The molecule has 8 heteroatoms. The normalized spacial score (nSPS) is 11.8. The largest absolute Gasteiger partial charge is 0.504 e. The number of carbonyl (C=O) groups is 1. The Hall–Kier alpha value is -3.42. The van der Waals surface area contributed by atoms with Crippen LogP contribution in [0.15, 0.2) is 42.5 Å². The average molecular weight is 352 g/mol. The summed E-state index contributed by atoms with van der Waals surface area (Å²) in [6.07, 6.45) is 0.307. The number of aryl methyl sites for hydroxylation is 1. The van der Waals surface area contributed by atoms with E-state index in [-0.39, 0.29) is 17.5 Å². The summed E-state index contributed by atoms with van der Waals surface area (Å²) < 4.78 is 5.12. The van der Waals surface area contributed by atoms with Gasteiger partial charge in [0.25, 0.3) is 0 Å². The minimum atomic E-state index is -0.681. The number of phenols is 1. The zero-order valence-corrected chi connectivity index (χ0v) is 14.4. The number of ether oxygens (including phenoxy) is 1. The number of aromatic nitrogens is 4. The standard InChI is InChI=1S/C18H19N5O3/c1-11-4-3-5-13(8-11)19-18(25)14(17-20-22-23-21-17)9-12-6-7-15(24)16(10-12)26-2/h3-8,10,14H,9H2,1-2H3,(H3,19,20,21,22,23,24,25)/p-1. The van der Waals surface area contributed by atoms with E-state index >= 15 is 0 Å². The lowest BCUT2D eigenvalue weighted by Crippen LogP contribution is -2.24. The first-order chi connectivity index (χ1) is 12.6. The second-order valence-corrected chi connectivity index (χ2v) is 5.86. The summed E-state index contributed by atoms with van der Waals surface area (Å²) in [6.45, 7) is 1.95. The van der Waals surface area contributed by atoms with Crippen molar-refractivity contribution < 1.29 is 14.6 Å². The Morgan fingerprint density at radius 1 is 1.31 bits per heavy atom. The average Bonchev–Trinajstić information content (AvgIpc) is 3.15. The van der Waals surface area contributed by atoms with Gasteiger partial charge in [0.15, 0.2) is 11.5 Å². The Kier molecular flexibility index (Phi) is 5.12. The molecule has 0 aliphatic heterocycles. The van der Waals surface area contributed by atoms with Gasteiger partial charge >= 0.3 is 0 Å². The Labute approximate surface area is 150 Å². The number of amides is 1. The van der Waals surface area contributed by atoms with E-state index in [9.17, 15) is 9.90 Å². The van der Waals surface area contributed by atoms with Crippen molar-refractivity contribution in [2.75, 3.05) is 12.4 Å². The maximum absolute atomic E-state index is 12.8. The number of phenolic OH excluding ortho intramolecular Hbond substituents is 1. The zero-order valence-electron chi connectivity index (χ0n) is 14.4. The van der Waals surface area contributed by atoms with E-state index in [1.807, 2.05) is 31.2 Å². The maximum Gasteiger partial charge on any atom is 0.232 e. The number of rotatable bonds is 6. The van der Waals surface area contributed by atoms with Gasteiger partial charge < -0.3 is 20.3 Å². The number of hydrogen-bond donors (Lipinski definition) is 2. The first-order valence-electron chi connectivity index (χ1n) is 7.99. The quantitative estimate of drug-likeness (QED) is 0.696. The molecule has 0 saturated carbocycles. The first kappa shape index (κ1) is 17.4. The molecule has 0 spiro atoms. The van der Waals surface area contributed by atoms with Crippen LogP contribution in [0.25, 0.3) is 0 Å². The van der Waals surface area contributed by atoms with Gasteiger partial charge in [-0.15, -0.1) is 0 Å². The molecule has 0 aliphatic rings. The number of nitrogens with one attached hydrogen (secondary N) is 1. The topological polar surface area (TPSA) is 111 Å². The molecular formula is C18H18N5O3-. The molecule has 2 aromatic carbocycles. The van der Waals surface area contributed by atoms with Crippen molar-refractivity contribution >= 4 is 11.6 Å². The number of tetrazole rings is 1. The Balaban J connectivity index is 1.85. The molecule has 0 saturated heterocycles. The van der Waals surface area contributed by atoms with E-state index in [1.54, 1.807) is 12.1 Å². The Bertz CT molecular complexity index is 896. The van der Waals surface area contributed by atoms with Crippen molar-refractivity contribution in [3.05, 3.63) is 59.4 Å². The van der Waals surface area contributed by atoms with Crippen LogP contribution >= 0.6 is 0 Å². The highest BCUT2D eigenvalue weighted by Crippen LogP contribution is 2.29. The third-order valence-corrected chi connectivity index (χ3v) is 3.93. The highest BCUT2D eigenvalue weighted by atomic mass is 16.5. The lowest BCUT2D eigenvalue weighted by atomic mass is 9.97. The molecule has 1 amide bonds. The van der Waals surface area contributed by atoms with Crippen molar-refractivity contribution in [2.24, 2.45) is 0 Å². The van der Waals surface area contributed by atoms with Gasteiger partial charge in [0.05, 0.1) is 13.0 Å². The van der Waals surface area contributed by atoms with Crippen LogP contribution in [0.4, 0.5) is 5.69 Å². The minimum absolute atomic E-state index is 0.0323. The predicted octanol–water partition coefficient (Wildman–Crippen LogP) is 1.82. The van der Waals surface area contributed by atoms with Gasteiger partial charge in [0.1, 0.15) is 0 Å². The van der Waals surface area contributed by atoms with Crippen LogP contribution in [0.2, 0.25) is 0 Å². The molecule has 0 aliphatic carbocycles. The van der Waals surface area contributed by atoms with E-state index in [2.05, 4.69) is 25.9 Å². The Morgan fingerprint density at radius 2 is 2.15 bits per heavy atom. The fourth-order valence-electron chi connectivity index (χ4n) is 2.63. The predicted molar refractivity (Wildman–Crippen MR) is 94.1 cm³/mol. The van der Waals surface area contributed by atoms with Crippen molar-refractivity contribution in [3.8, 4) is 11.5 Å². The molecule has 1 atom stereocenters. The van der Waals surface area contributed by atoms with Crippen LogP contribution < -0.4 is 15.2 Å². The van der Waals surface area contributed by atoms with Gasteiger partial charge in [-0.2, -0.15) is 5.21 Å². The van der Waals surface area contributed by atoms with Gasteiger partial charge in [-0.3, -0.25) is 15.1 Å². The number of methoxy groups -OCH3 is 1. The number of aromatic hydroxyl groups is 1. The van der Waals surface area contributed by atoms with E-state index in [0.29, 0.717) is 17.9 Å². The highest BCUT2D eigenvalue weighted by Gasteiger charge is 2.22. The molecule has 134 valence electrons. The molecule has 0 bridgehead atoms. The third kappa shape index (κ3) is 3.97. The highest BCUT2D eigenvalue weighted by molar-refractivity contribution is 5.95. The van der Waals surface area contributed by atoms with Crippen molar-refractivity contribution in [1.29, 1.82) is 0 Å².